The lowest BCUT2D eigenvalue weighted by Gasteiger charge is -2.31. The molecule has 1 saturated heterocycles. The van der Waals surface area contributed by atoms with Crippen LogP contribution < -0.4 is 0 Å². The Morgan fingerprint density at radius 1 is 1.24 bits per heavy atom. The van der Waals surface area contributed by atoms with Crippen molar-refractivity contribution in [1.29, 1.82) is 0 Å². The van der Waals surface area contributed by atoms with E-state index in [4.69, 9.17) is 9.97 Å². The first-order valence-corrected chi connectivity index (χ1v) is 10.5. The second-order valence-electron chi connectivity index (χ2n) is 7.27. The Morgan fingerprint density at radius 2 is 2.17 bits per heavy atom. The summed E-state index contributed by atoms with van der Waals surface area (Å²) in [5, 5.41) is 6.43. The molecule has 0 N–H and O–H groups in total. The number of rotatable bonds is 3. The highest BCUT2D eigenvalue weighted by Crippen LogP contribution is 2.29. The largest absolute Gasteiger partial charge is 0.337 e. The van der Waals surface area contributed by atoms with E-state index in [1.807, 2.05) is 24.0 Å². The second kappa shape index (κ2) is 7.36. The fourth-order valence-electron chi connectivity index (χ4n) is 3.79. The molecule has 5 rings (SSSR count). The van der Waals surface area contributed by atoms with Gasteiger partial charge in [-0.2, -0.15) is 5.10 Å². The van der Waals surface area contributed by atoms with Gasteiger partial charge in [0.25, 0.3) is 5.91 Å². The minimum atomic E-state index is -0.0636. The lowest BCUT2D eigenvalue weighted by Crippen LogP contribution is -2.39. The van der Waals surface area contributed by atoms with Crippen LogP contribution in [0.25, 0.3) is 16.2 Å². The van der Waals surface area contributed by atoms with Gasteiger partial charge >= 0.3 is 0 Å². The van der Waals surface area contributed by atoms with Crippen LogP contribution in [0.5, 0.6) is 0 Å². The van der Waals surface area contributed by atoms with E-state index in [-0.39, 0.29) is 11.8 Å². The standard InChI is InChI=1S/C21H20N6OS/c1-14-11-16(18-6-3-10-29-18)24-20(23-14)15-5-2-8-26(13-15)21(28)17-12-19-22-7-4-9-27(19)25-17/h3-4,6-7,9-12,15H,2,5,8,13H2,1H3/t15-/m0/s1. The molecule has 4 aromatic rings. The molecule has 1 atom stereocenters. The number of amides is 1. The Balaban J connectivity index is 1.40. The van der Waals surface area contributed by atoms with Crippen LogP contribution in [0.15, 0.2) is 48.1 Å². The smallest absolute Gasteiger partial charge is 0.274 e. The second-order valence-corrected chi connectivity index (χ2v) is 8.22. The first kappa shape index (κ1) is 17.9. The van der Waals surface area contributed by atoms with Crippen molar-refractivity contribution >= 4 is 22.9 Å². The summed E-state index contributed by atoms with van der Waals surface area (Å²) in [6.45, 7) is 3.32. The van der Waals surface area contributed by atoms with Crippen molar-refractivity contribution in [2.45, 2.75) is 25.7 Å². The normalized spacial score (nSPS) is 17.0. The van der Waals surface area contributed by atoms with E-state index >= 15 is 0 Å². The van der Waals surface area contributed by atoms with Crippen molar-refractivity contribution in [3.8, 4) is 10.6 Å². The summed E-state index contributed by atoms with van der Waals surface area (Å²) in [6, 6.07) is 9.66. The van der Waals surface area contributed by atoms with Gasteiger partial charge < -0.3 is 4.90 Å². The molecule has 0 aromatic carbocycles. The summed E-state index contributed by atoms with van der Waals surface area (Å²) in [6.07, 6.45) is 5.39. The van der Waals surface area contributed by atoms with Crippen LogP contribution in [-0.4, -0.2) is 48.5 Å². The molecule has 0 unspecified atom stereocenters. The molecule has 0 bridgehead atoms. The molecule has 4 aromatic heterocycles. The maximum atomic E-state index is 13.1. The topological polar surface area (TPSA) is 76.3 Å². The van der Waals surface area contributed by atoms with Crippen molar-refractivity contribution in [1.82, 2.24) is 29.5 Å². The molecule has 1 aliphatic rings. The molecular formula is C21H20N6OS. The molecule has 1 fully saturated rings. The minimum Gasteiger partial charge on any atom is -0.337 e. The van der Waals surface area contributed by atoms with Gasteiger partial charge in [-0.1, -0.05) is 6.07 Å². The lowest BCUT2D eigenvalue weighted by atomic mass is 9.96. The Kier molecular flexibility index (Phi) is 4.55. The number of aryl methyl sites for hydroxylation is 1. The van der Waals surface area contributed by atoms with Gasteiger partial charge in [0.2, 0.25) is 0 Å². The average molecular weight is 404 g/mol. The van der Waals surface area contributed by atoms with Crippen LogP contribution in [-0.2, 0) is 0 Å². The van der Waals surface area contributed by atoms with Gasteiger partial charge in [0.05, 0.1) is 10.6 Å². The highest BCUT2D eigenvalue weighted by Gasteiger charge is 2.29. The van der Waals surface area contributed by atoms with Crippen molar-refractivity contribution in [2.75, 3.05) is 13.1 Å². The van der Waals surface area contributed by atoms with Crippen molar-refractivity contribution in [3.05, 3.63) is 65.3 Å². The third kappa shape index (κ3) is 3.51. The summed E-state index contributed by atoms with van der Waals surface area (Å²) < 4.78 is 1.63. The van der Waals surface area contributed by atoms with Gasteiger partial charge in [-0.3, -0.25) is 4.79 Å². The number of fused-ring (bicyclic) bond motifs is 1. The zero-order valence-electron chi connectivity index (χ0n) is 16.0. The van der Waals surface area contributed by atoms with Gasteiger partial charge in [-0.25, -0.2) is 19.5 Å². The van der Waals surface area contributed by atoms with Crippen LogP contribution in [0, 0.1) is 6.92 Å². The monoisotopic (exact) mass is 404 g/mol. The number of thiophene rings is 1. The predicted octanol–water partition coefficient (Wildman–Crippen LogP) is 3.58. The molecule has 1 amide bonds. The molecule has 7 nitrogen and oxygen atoms in total. The molecule has 0 radical (unpaired) electrons. The van der Waals surface area contributed by atoms with Crippen LogP contribution in [0.4, 0.5) is 0 Å². The minimum absolute atomic E-state index is 0.0636. The molecule has 5 heterocycles. The first-order chi connectivity index (χ1) is 14.2. The molecule has 1 aliphatic heterocycles. The van der Waals surface area contributed by atoms with E-state index < -0.39 is 0 Å². The Morgan fingerprint density at radius 3 is 3.00 bits per heavy atom. The highest BCUT2D eigenvalue weighted by molar-refractivity contribution is 7.13. The number of nitrogens with zero attached hydrogens (tertiary/aromatic N) is 6. The SMILES string of the molecule is Cc1cc(-c2cccs2)nc([C@H]2CCCN(C(=O)c3cc4ncccn4n3)C2)n1. The highest BCUT2D eigenvalue weighted by atomic mass is 32.1. The summed E-state index contributed by atoms with van der Waals surface area (Å²) in [5.41, 5.74) is 3.01. The van der Waals surface area contributed by atoms with Crippen LogP contribution in [0.2, 0.25) is 0 Å². The van der Waals surface area contributed by atoms with Crippen LogP contribution in [0.1, 0.15) is 40.8 Å². The number of hydrogen-bond acceptors (Lipinski definition) is 6. The molecule has 29 heavy (non-hydrogen) atoms. The molecule has 0 saturated carbocycles. The number of hydrogen-bond donors (Lipinski definition) is 0. The predicted molar refractivity (Wildman–Crippen MR) is 111 cm³/mol. The molecule has 0 spiro atoms. The van der Waals surface area contributed by atoms with Crippen LogP contribution >= 0.6 is 11.3 Å². The fraction of sp³-hybridized carbons (Fsp3) is 0.286. The van der Waals surface area contributed by atoms with E-state index in [1.54, 1.807) is 40.4 Å². The Bertz CT molecular complexity index is 1140. The van der Waals surface area contributed by atoms with Crippen molar-refractivity contribution in [3.63, 3.8) is 0 Å². The third-order valence-electron chi connectivity index (χ3n) is 5.17. The van der Waals surface area contributed by atoms with Gasteiger partial charge in [-0.05, 0) is 43.3 Å². The summed E-state index contributed by atoms with van der Waals surface area (Å²) in [5.74, 6) is 0.885. The number of aromatic nitrogens is 5. The molecule has 8 heteroatoms. The molecule has 146 valence electrons. The maximum Gasteiger partial charge on any atom is 0.274 e. The fourth-order valence-corrected chi connectivity index (χ4v) is 4.48. The summed E-state index contributed by atoms with van der Waals surface area (Å²) in [4.78, 5) is 29.8. The van der Waals surface area contributed by atoms with Gasteiger partial charge in [0.15, 0.2) is 11.3 Å². The van der Waals surface area contributed by atoms with E-state index in [1.165, 1.54) is 0 Å². The quantitative estimate of drug-likeness (QED) is 0.522. The van der Waals surface area contributed by atoms with E-state index in [0.29, 0.717) is 17.9 Å². The first-order valence-electron chi connectivity index (χ1n) is 9.66. The molecule has 0 aliphatic carbocycles. The van der Waals surface area contributed by atoms with Gasteiger partial charge in [0, 0.05) is 43.2 Å². The Hall–Kier alpha value is -3.13. The number of likely N-dealkylation sites (tertiary alicyclic amines) is 1. The van der Waals surface area contributed by atoms with Crippen molar-refractivity contribution in [2.24, 2.45) is 0 Å². The van der Waals surface area contributed by atoms with E-state index in [2.05, 4.69) is 21.5 Å². The van der Waals surface area contributed by atoms with Crippen LogP contribution in [0.3, 0.4) is 0 Å². The number of piperidine rings is 1. The van der Waals surface area contributed by atoms with Crippen molar-refractivity contribution < 1.29 is 4.79 Å². The molecular weight excluding hydrogens is 384 g/mol. The summed E-state index contributed by atoms with van der Waals surface area (Å²) >= 11 is 1.67. The number of carbonyl (C=O) groups is 1. The van der Waals surface area contributed by atoms with Gasteiger partial charge in [-0.15, -0.1) is 11.3 Å². The van der Waals surface area contributed by atoms with E-state index in [9.17, 15) is 4.79 Å². The van der Waals surface area contributed by atoms with E-state index in [0.717, 1.165) is 41.5 Å². The number of carbonyl (C=O) groups excluding carboxylic acids is 1. The third-order valence-corrected chi connectivity index (χ3v) is 6.07. The zero-order valence-corrected chi connectivity index (χ0v) is 16.8. The maximum absolute atomic E-state index is 13.1. The Labute approximate surface area is 172 Å². The lowest BCUT2D eigenvalue weighted by molar-refractivity contribution is 0.0698. The van der Waals surface area contributed by atoms with Gasteiger partial charge in [0.1, 0.15) is 5.82 Å². The summed E-state index contributed by atoms with van der Waals surface area (Å²) in [7, 11) is 0. The zero-order chi connectivity index (χ0) is 19.8. The average Bonchev–Trinajstić information content (AvgIpc) is 3.43.